The molecule has 0 bridgehead atoms. The molecule has 120 valence electrons. The first-order chi connectivity index (χ1) is 11.7. The Hall–Kier alpha value is -2.59. The number of nitrogens with zero attached hydrogens (tertiary/aromatic N) is 2. The van der Waals surface area contributed by atoms with Gasteiger partial charge < -0.3 is 4.74 Å². The molecule has 0 saturated carbocycles. The maximum atomic E-state index is 12.3. The zero-order valence-corrected chi connectivity index (χ0v) is 13.9. The molecule has 0 spiro atoms. The molecule has 0 amide bonds. The Balaban J connectivity index is 1.98. The van der Waals surface area contributed by atoms with Gasteiger partial charge in [-0.1, -0.05) is 48.0 Å². The molecule has 0 aliphatic heterocycles. The molecule has 2 aromatic carbocycles. The molecule has 0 fully saturated rings. The Kier molecular flexibility index (Phi) is 3.62. The second-order valence-electron chi connectivity index (χ2n) is 5.72. The van der Waals surface area contributed by atoms with Crippen molar-refractivity contribution in [3.8, 4) is 22.5 Å². The van der Waals surface area contributed by atoms with Gasteiger partial charge in [0, 0.05) is 21.7 Å². The number of aromatic nitrogens is 2. The third kappa shape index (κ3) is 2.31. The van der Waals surface area contributed by atoms with Crippen molar-refractivity contribution in [1.82, 2.24) is 9.78 Å². The highest BCUT2D eigenvalue weighted by Gasteiger charge is 2.27. The van der Waals surface area contributed by atoms with Gasteiger partial charge in [-0.3, -0.25) is 0 Å². The van der Waals surface area contributed by atoms with Gasteiger partial charge in [0.15, 0.2) is 0 Å². The van der Waals surface area contributed by atoms with Crippen LogP contribution in [0, 0.1) is 0 Å². The third-order valence-corrected chi connectivity index (χ3v) is 4.62. The molecule has 1 heterocycles. The highest BCUT2D eigenvalue weighted by Crippen LogP contribution is 2.38. The van der Waals surface area contributed by atoms with E-state index in [1.165, 1.54) is 17.4 Å². The molecule has 0 N–H and O–H groups in total. The predicted octanol–water partition coefficient (Wildman–Crippen LogP) is 4.58. The van der Waals surface area contributed by atoms with Crippen molar-refractivity contribution in [2.45, 2.75) is 12.8 Å². The lowest BCUT2D eigenvalue weighted by Crippen LogP contribution is -2.14. The van der Waals surface area contributed by atoms with Crippen LogP contribution in [0.4, 0.5) is 4.79 Å². The van der Waals surface area contributed by atoms with Gasteiger partial charge in [0.25, 0.3) is 0 Å². The summed E-state index contributed by atoms with van der Waals surface area (Å²) in [7, 11) is 1.36. The van der Waals surface area contributed by atoms with Gasteiger partial charge in [0.2, 0.25) is 0 Å². The Bertz CT molecular complexity index is 929. The molecule has 24 heavy (non-hydrogen) atoms. The van der Waals surface area contributed by atoms with Crippen molar-refractivity contribution >= 4 is 17.7 Å². The maximum Gasteiger partial charge on any atom is 0.435 e. The van der Waals surface area contributed by atoms with Gasteiger partial charge in [0.1, 0.15) is 0 Å². The number of hydrogen-bond donors (Lipinski definition) is 0. The molecule has 0 radical (unpaired) electrons. The van der Waals surface area contributed by atoms with E-state index in [9.17, 15) is 4.79 Å². The van der Waals surface area contributed by atoms with E-state index in [1.54, 1.807) is 0 Å². The van der Waals surface area contributed by atoms with Crippen LogP contribution in [0.3, 0.4) is 0 Å². The summed E-state index contributed by atoms with van der Waals surface area (Å²) in [6, 6.07) is 15.6. The molecule has 1 aliphatic rings. The standard InChI is InChI=1S/C19H15ClN2O2/c1-24-19(23)22-18(13-6-9-14(20)10-7-13)16-11-8-12-4-2-3-5-15(12)17(16)21-22/h2-7,9-10H,8,11H2,1H3. The van der Waals surface area contributed by atoms with Crippen molar-refractivity contribution < 1.29 is 9.53 Å². The van der Waals surface area contributed by atoms with Crippen LogP contribution in [0.25, 0.3) is 22.5 Å². The lowest BCUT2D eigenvalue weighted by molar-refractivity contribution is 0.169. The molecule has 0 saturated heterocycles. The maximum absolute atomic E-state index is 12.3. The number of halogens is 1. The molecule has 4 rings (SSSR count). The first kappa shape index (κ1) is 15.0. The highest BCUT2D eigenvalue weighted by atomic mass is 35.5. The summed E-state index contributed by atoms with van der Waals surface area (Å²) < 4.78 is 6.28. The van der Waals surface area contributed by atoms with Gasteiger partial charge in [-0.2, -0.15) is 9.78 Å². The Morgan fingerprint density at radius 3 is 2.62 bits per heavy atom. The van der Waals surface area contributed by atoms with E-state index in [0.29, 0.717) is 5.02 Å². The predicted molar refractivity (Wildman–Crippen MR) is 93.3 cm³/mol. The summed E-state index contributed by atoms with van der Waals surface area (Å²) in [6.07, 6.45) is 1.27. The zero-order chi connectivity index (χ0) is 16.7. The van der Waals surface area contributed by atoms with E-state index in [2.05, 4.69) is 11.2 Å². The smallest absolute Gasteiger partial charge is 0.435 e. The van der Waals surface area contributed by atoms with E-state index >= 15 is 0 Å². The van der Waals surface area contributed by atoms with Gasteiger partial charge in [0.05, 0.1) is 18.5 Å². The summed E-state index contributed by atoms with van der Waals surface area (Å²) >= 11 is 6.00. The topological polar surface area (TPSA) is 44.1 Å². The molecular weight excluding hydrogens is 324 g/mol. The lowest BCUT2D eigenvalue weighted by Gasteiger charge is -2.15. The zero-order valence-electron chi connectivity index (χ0n) is 13.1. The Morgan fingerprint density at radius 1 is 1.12 bits per heavy atom. The number of methoxy groups -OCH3 is 1. The van der Waals surface area contributed by atoms with Gasteiger partial charge in [-0.05, 0) is 30.5 Å². The van der Waals surface area contributed by atoms with Crippen LogP contribution in [-0.2, 0) is 17.6 Å². The van der Waals surface area contributed by atoms with Crippen molar-refractivity contribution in [3.63, 3.8) is 0 Å². The van der Waals surface area contributed by atoms with Crippen LogP contribution in [-0.4, -0.2) is 23.0 Å². The molecule has 5 heteroatoms. The fraction of sp³-hybridized carbons (Fsp3) is 0.158. The average molecular weight is 339 g/mol. The SMILES string of the molecule is COC(=O)n1nc2c(c1-c1ccc(Cl)cc1)CCc1ccccc1-2. The van der Waals surface area contributed by atoms with Crippen LogP contribution in [0.15, 0.2) is 48.5 Å². The third-order valence-electron chi connectivity index (χ3n) is 4.37. The lowest BCUT2D eigenvalue weighted by atomic mass is 9.88. The van der Waals surface area contributed by atoms with Crippen LogP contribution < -0.4 is 0 Å². The fourth-order valence-corrected chi connectivity index (χ4v) is 3.38. The van der Waals surface area contributed by atoms with Crippen molar-refractivity contribution in [2.75, 3.05) is 7.11 Å². The number of benzene rings is 2. The van der Waals surface area contributed by atoms with Gasteiger partial charge in [-0.15, -0.1) is 0 Å². The summed E-state index contributed by atoms with van der Waals surface area (Å²) in [5, 5.41) is 5.23. The van der Waals surface area contributed by atoms with E-state index in [1.807, 2.05) is 42.5 Å². The largest absolute Gasteiger partial charge is 0.451 e. The number of ether oxygens (including phenoxy) is 1. The number of carbonyl (C=O) groups excluding carboxylic acids is 1. The second kappa shape index (κ2) is 5.80. The minimum Gasteiger partial charge on any atom is -0.451 e. The number of rotatable bonds is 1. The first-order valence-corrected chi connectivity index (χ1v) is 8.11. The van der Waals surface area contributed by atoms with E-state index in [-0.39, 0.29) is 0 Å². The normalized spacial score (nSPS) is 12.4. The monoisotopic (exact) mass is 338 g/mol. The first-order valence-electron chi connectivity index (χ1n) is 7.73. The molecule has 1 aliphatic carbocycles. The Morgan fingerprint density at radius 2 is 1.88 bits per heavy atom. The van der Waals surface area contributed by atoms with Crippen molar-refractivity contribution in [1.29, 1.82) is 0 Å². The van der Waals surface area contributed by atoms with E-state index < -0.39 is 6.09 Å². The minimum atomic E-state index is -0.494. The molecule has 4 nitrogen and oxygen atoms in total. The molecule has 0 atom stereocenters. The van der Waals surface area contributed by atoms with Crippen LogP contribution in [0.1, 0.15) is 11.1 Å². The van der Waals surface area contributed by atoms with Crippen molar-refractivity contribution in [2.24, 2.45) is 0 Å². The number of carbonyl (C=O) groups is 1. The summed E-state index contributed by atoms with van der Waals surface area (Å²) in [5.41, 5.74) is 5.94. The number of aryl methyl sites for hydroxylation is 1. The molecule has 3 aromatic rings. The number of hydrogen-bond acceptors (Lipinski definition) is 3. The van der Waals surface area contributed by atoms with Gasteiger partial charge >= 0.3 is 6.09 Å². The van der Waals surface area contributed by atoms with Crippen LogP contribution in [0.5, 0.6) is 0 Å². The summed E-state index contributed by atoms with van der Waals surface area (Å²) in [6.45, 7) is 0. The van der Waals surface area contributed by atoms with Crippen molar-refractivity contribution in [3.05, 3.63) is 64.7 Å². The van der Waals surface area contributed by atoms with E-state index in [4.69, 9.17) is 16.3 Å². The molecule has 1 aromatic heterocycles. The molecular formula is C19H15ClN2O2. The van der Waals surface area contributed by atoms with Gasteiger partial charge in [-0.25, -0.2) is 4.79 Å². The quantitative estimate of drug-likeness (QED) is 0.652. The van der Waals surface area contributed by atoms with Crippen LogP contribution >= 0.6 is 11.6 Å². The number of fused-ring (bicyclic) bond motifs is 3. The van der Waals surface area contributed by atoms with E-state index in [0.717, 1.165) is 40.9 Å². The molecule has 0 unspecified atom stereocenters. The summed E-state index contributed by atoms with van der Waals surface area (Å²) in [4.78, 5) is 12.3. The Labute approximate surface area is 144 Å². The summed E-state index contributed by atoms with van der Waals surface area (Å²) in [5.74, 6) is 0. The fourth-order valence-electron chi connectivity index (χ4n) is 3.26. The highest BCUT2D eigenvalue weighted by molar-refractivity contribution is 6.30. The minimum absolute atomic E-state index is 0.494. The van der Waals surface area contributed by atoms with Crippen LogP contribution in [0.2, 0.25) is 5.02 Å². The second-order valence-corrected chi connectivity index (χ2v) is 6.16. The average Bonchev–Trinajstić information content (AvgIpc) is 3.01.